The third-order valence-corrected chi connectivity index (χ3v) is 11.6. The van der Waals surface area contributed by atoms with Gasteiger partial charge >= 0.3 is 0 Å². The van der Waals surface area contributed by atoms with Crippen LogP contribution < -0.4 is 30.7 Å². The summed E-state index contributed by atoms with van der Waals surface area (Å²) in [6, 6.07) is 50.8. The topological polar surface area (TPSA) is 84.5 Å². The molecule has 6 aromatic carbocycles. The number of hydrogen-bond donors (Lipinski definition) is 3. The first kappa shape index (κ1) is 46.3. The third-order valence-electron chi connectivity index (χ3n) is 11.6. The fraction of sp³-hybridized carbons (Fsp3) is 0.211. The van der Waals surface area contributed by atoms with Crippen molar-refractivity contribution in [1.29, 1.82) is 0 Å². The Bertz CT molecular complexity index is 2330. The maximum absolute atomic E-state index is 4.79. The minimum Gasteiger partial charge on any atom is -0.372 e. The molecule has 0 aliphatic heterocycles. The van der Waals surface area contributed by atoms with E-state index in [0.717, 1.165) is 89.7 Å². The number of nitrogens with zero attached hydrogens (tertiary/aromatic N) is 6. The molecular weight excluding hydrogens is 811 g/mol. The van der Waals surface area contributed by atoms with E-state index in [9.17, 15) is 0 Å². The van der Waals surface area contributed by atoms with Crippen LogP contribution >= 0.6 is 0 Å². The van der Waals surface area contributed by atoms with Crippen LogP contribution in [0.15, 0.2) is 146 Å². The predicted octanol–water partition coefficient (Wildman–Crippen LogP) is 14.2. The molecule has 0 radical (unpaired) electrons. The highest BCUT2D eigenvalue weighted by Gasteiger charge is 2.10. The zero-order valence-electron chi connectivity index (χ0n) is 39.2. The Kier molecular flexibility index (Phi) is 16.4. The zero-order chi connectivity index (χ0) is 46.1. The predicted molar refractivity (Wildman–Crippen MR) is 286 cm³/mol. The summed E-state index contributed by atoms with van der Waals surface area (Å²) in [5.41, 5.74) is 13.0. The van der Waals surface area contributed by atoms with Gasteiger partial charge in [-0.15, -0.1) is 0 Å². The van der Waals surface area contributed by atoms with E-state index in [-0.39, 0.29) is 0 Å². The number of benzene rings is 6. The van der Waals surface area contributed by atoms with Crippen molar-refractivity contribution in [1.82, 2.24) is 15.0 Å². The van der Waals surface area contributed by atoms with Crippen molar-refractivity contribution in [2.45, 2.75) is 41.5 Å². The lowest BCUT2D eigenvalue weighted by Gasteiger charge is -2.20. The summed E-state index contributed by atoms with van der Waals surface area (Å²) < 4.78 is 0. The monoisotopic (exact) mass is 874 g/mol. The molecule has 336 valence electrons. The number of rotatable bonds is 21. The molecule has 0 atom stereocenters. The van der Waals surface area contributed by atoms with Crippen LogP contribution in [0.4, 0.5) is 52.0 Å². The van der Waals surface area contributed by atoms with E-state index >= 15 is 0 Å². The Morgan fingerprint density at radius 3 is 0.652 bits per heavy atom. The maximum Gasteiger partial charge on any atom is 0.233 e. The SMILES string of the molecule is CCN(CC)c1ccc(/C=C/c2ccc(Nc3nc(Nc4ccc(/C=C/c5ccc(N(CC)CC)cc5)cc4)nc(Nc4ccc(/C=C/c5ccc(N(CC)CC)cc5)cc4)n3)cc2)cc1. The molecule has 0 aliphatic rings. The quantitative estimate of drug-likeness (QED) is 0.0611. The van der Waals surface area contributed by atoms with Crippen LogP contribution in [0.3, 0.4) is 0 Å². The van der Waals surface area contributed by atoms with E-state index in [1.54, 1.807) is 0 Å². The fourth-order valence-corrected chi connectivity index (χ4v) is 7.70. The molecule has 7 aromatic rings. The van der Waals surface area contributed by atoms with Crippen molar-refractivity contribution in [3.63, 3.8) is 0 Å². The van der Waals surface area contributed by atoms with Crippen LogP contribution in [0.5, 0.6) is 0 Å². The second kappa shape index (κ2) is 23.3. The molecule has 1 heterocycles. The van der Waals surface area contributed by atoms with Gasteiger partial charge in [0, 0.05) is 73.4 Å². The molecule has 0 spiro atoms. The average Bonchev–Trinajstić information content (AvgIpc) is 3.35. The second-order valence-electron chi connectivity index (χ2n) is 15.8. The largest absolute Gasteiger partial charge is 0.372 e. The van der Waals surface area contributed by atoms with Crippen molar-refractivity contribution in [2.75, 3.05) is 69.9 Å². The van der Waals surface area contributed by atoms with Crippen LogP contribution in [-0.2, 0) is 0 Å². The summed E-state index contributed by atoms with van der Waals surface area (Å²) in [4.78, 5) is 21.4. The molecule has 66 heavy (non-hydrogen) atoms. The molecular formula is C57H63N9. The average molecular weight is 874 g/mol. The van der Waals surface area contributed by atoms with Crippen LogP contribution in [-0.4, -0.2) is 54.2 Å². The zero-order valence-corrected chi connectivity index (χ0v) is 39.2. The Labute approximate surface area is 392 Å². The van der Waals surface area contributed by atoms with Crippen molar-refractivity contribution in [3.8, 4) is 0 Å². The van der Waals surface area contributed by atoms with E-state index < -0.39 is 0 Å². The summed E-state index contributed by atoms with van der Waals surface area (Å²) in [5, 5.41) is 10.2. The van der Waals surface area contributed by atoms with Gasteiger partial charge in [0.25, 0.3) is 0 Å². The number of aromatic nitrogens is 3. The van der Waals surface area contributed by atoms with Crippen LogP contribution in [0.1, 0.15) is 74.9 Å². The molecule has 9 heteroatoms. The normalized spacial score (nSPS) is 11.4. The first-order valence-electron chi connectivity index (χ1n) is 23.3. The van der Waals surface area contributed by atoms with Gasteiger partial charge in [-0.1, -0.05) is 109 Å². The maximum atomic E-state index is 4.79. The molecule has 3 N–H and O–H groups in total. The number of nitrogens with one attached hydrogen (secondary N) is 3. The molecule has 0 aliphatic carbocycles. The lowest BCUT2D eigenvalue weighted by Crippen LogP contribution is -2.21. The lowest BCUT2D eigenvalue weighted by atomic mass is 10.1. The minimum absolute atomic E-state index is 0.407. The lowest BCUT2D eigenvalue weighted by molar-refractivity contribution is 0.866. The van der Waals surface area contributed by atoms with Crippen molar-refractivity contribution < 1.29 is 0 Å². The minimum atomic E-state index is 0.407. The Balaban J connectivity index is 1.05. The molecule has 0 saturated heterocycles. The molecule has 0 amide bonds. The number of anilines is 9. The van der Waals surface area contributed by atoms with Gasteiger partial charge in [-0.2, -0.15) is 15.0 Å². The van der Waals surface area contributed by atoms with Gasteiger partial charge in [-0.05, 0) is 148 Å². The van der Waals surface area contributed by atoms with Gasteiger partial charge in [-0.25, -0.2) is 0 Å². The summed E-state index contributed by atoms with van der Waals surface area (Å²) in [6.07, 6.45) is 12.8. The molecule has 0 unspecified atom stereocenters. The van der Waals surface area contributed by atoms with Gasteiger partial charge in [0.05, 0.1) is 0 Å². The molecule has 0 fully saturated rings. The van der Waals surface area contributed by atoms with Gasteiger partial charge in [0.1, 0.15) is 0 Å². The summed E-state index contributed by atoms with van der Waals surface area (Å²) in [7, 11) is 0. The molecule has 9 nitrogen and oxygen atoms in total. The Morgan fingerprint density at radius 1 is 0.288 bits per heavy atom. The fourth-order valence-electron chi connectivity index (χ4n) is 7.70. The van der Waals surface area contributed by atoms with Gasteiger partial charge in [0.2, 0.25) is 17.8 Å². The van der Waals surface area contributed by atoms with Crippen LogP contribution in [0.25, 0.3) is 36.5 Å². The van der Waals surface area contributed by atoms with Gasteiger partial charge < -0.3 is 30.7 Å². The van der Waals surface area contributed by atoms with Crippen molar-refractivity contribution in [2.24, 2.45) is 0 Å². The van der Waals surface area contributed by atoms with Gasteiger partial charge in [-0.3, -0.25) is 0 Å². The smallest absolute Gasteiger partial charge is 0.233 e. The summed E-state index contributed by atoms with van der Waals surface area (Å²) in [6.45, 7) is 19.1. The molecule has 7 rings (SSSR count). The first-order valence-corrected chi connectivity index (χ1v) is 23.3. The van der Waals surface area contributed by atoms with Crippen LogP contribution in [0, 0.1) is 0 Å². The highest BCUT2D eigenvalue weighted by Crippen LogP contribution is 2.25. The van der Waals surface area contributed by atoms with Crippen molar-refractivity contribution in [3.05, 3.63) is 179 Å². The number of hydrogen-bond acceptors (Lipinski definition) is 9. The van der Waals surface area contributed by atoms with E-state index in [1.165, 1.54) is 17.1 Å². The van der Waals surface area contributed by atoms with E-state index in [2.05, 4.69) is 218 Å². The highest BCUT2D eigenvalue weighted by atomic mass is 15.3. The Morgan fingerprint density at radius 2 is 0.470 bits per heavy atom. The molecule has 0 saturated carbocycles. The Hall–Kier alpha value is -7.65. The van der Waals surface area contributed by atoms with E-state index in [0.29, 0.717) is 17.8 Å². The van der Waals surface area contributed by atoms with Crippen LogP contribution in [0.2, 0.25) is 0 Å². The van der Waals surface area contributed by atoms with Crippen molar-refractivity contribution >= 4 is 88.4 Å². The standard InChI is InChI=1S/C57H63N9/c1-7-64(8-2)52-37-25-46(26-38-52)16-13-43-19-31-49(32-20-43)58-55-61-56(59-50-33-21-44(22-34-50)14-17-47-27-39-53(40-28-47)65(9-3)10-4)63-57(62-55)60-51-35-23-45(24-36-51)15-18-48-29-41-54(42-30-48)66(11-5)12-6/h13-42H,7-12H2,1-6H3,(H3,58,59,60,61,62,63)/b16-13+,17-14+,18-15+. The van der Waals surface area contributed by atoms with Gasteiger partial charge in [0.15, 0.2) is 0 Å². The third kappa shape index (κ3) is 13.0. The summed E-state index contributed by atoms with van der Waals surface area (Å²) >= 11 is 0. The summed E-state index contributed by atoms with van der Waals surface area (Å²) in [5.74, 6) is 1.22. The first-order chi connectivity index (χ1) is 32.3. The second-order valence-corrected chi connectivity index (χ2v) is 15.8. The van der Waals surface area contributed by atoms with E-state index in [4.69, 9.17) is 15.0 Å². The molecule has 1 aromatic heterocycles. The molecule has 0 bridgehead atoms. The van der Waals surface area contributed by atoms with E-state index in [1.807, 2.05) is 36.4 Å². The highest BCUT2D eigenvalue weighted by molar-refractivity contribution is 5.75.